The molecule has 3 heterocycles. The summed E-state index contributed by atoms with van der Waals surface area (Å²) in [5.41, 5.74) is 7.38. The van der Waals surface area contributed by atoms with E-state index in [0.717, 1.165) is 76.9 Å². The summed E-state index contributed by atoms with van der Waals surface area (Å²) < 4.78 is 112. The van der Waals surface area contributed by atoms with Crippen molar-refractivity contribution in [1.82, 2.24) is 0 Å². The van der Waals surface area contributed by atoms with Gasteiger partial charge in [-0.2, -0.15) is 25.3 Å². The van der Waals surface area contributed by atoms with E-state index >= 15 is 0 Å². The van der Waals surface area contributed by atoms with Gasteiger partial charge in [0.05, 0.1) is 23.6 Å². The molecule has 0 aromatic heterocycles. The van der Waals surface area contributed by atoms with Crippen LogP contribution in [0.25, 0.3) is 21.5 Å². The number of fused-ring (bicyclic) bond motifs is 7. The predicted octanol–water partition coefficient (Wildman–Crippen LogP) is 11.6. The third-order valence-corrected chi connectivity index (χ3v) is 17.6. The van der Waals surface area contributed by atoms with Crippen molar-refractivity contribution in [3.8, 4) is 0 Å². The van der Waals surface area contributed by atoms with Gasteiger partial charge in [0.1, 0.15) is 9.79 Å². The summed E-state index contributed by atoms with van der Waals surface area (Å²) in [6.45, 7) is 13.4. The summed E-state index contributed by atoms with van der Waals surface area (Å²) in [5.74, 6) is -1.24. The number of hydrogen-bond donors (Lipinski definition) is 4. The summed E-state index contributed by atoms with van der Waals surface area (Å²) >= 11 is 0. The van der Waals surface area contributed by atoms with Crippen LogP contribution >= 0.6 is 0 Å². The molecule has 0 aliphatic carbocycles. The number of nitrogens with zero attached hydrogens (tertiary/aromatic N) is 1. The first-order chi connectivity index (χ1) is 32.5. The summed E-state index contributed by atoms with van der Waals surface area (Å²) in [6, 6.07) is 17.2. The average molecular weight is 1010 g/mol. The second kappa shape index (κ2) is 20.4. The van der Waals surface area contributed by atoms with Crippen molar-refractivity contribution in [2.75, 3.05) is 17.2 Å². The maximum Gasteiger partial charge on any atom is 0.303 e. The van der Waals surface area contributed by atoms with E-state index in [2.05, 4.69) is 45.6 Å². The molecule has 0 spiro atoms. The van der Waals surface area contributed by atoms with Gasteiger partial charge in [-0.15, -0.1) is 0 Å². The molecule has 0 bridgehead atoms. The van der Waals surface area contributed by atoms with Crippen molar-refractivity contribution in [2.45, 2.75) is 164 Å². The van der Waals surface area contributed by atoms with Crippen LogP contribution in [0, 0.1) is 6.92 Å². The van der Waals surface area contributed by atoms with Crippen molar-refractivity contribution in [3.05, 3.63) is 111 Å². The molecule has 4 aromatic rings. The van der Waals surface area contributed by atoms with Crippen molar-refractivity contribution >= 4 is 63.6 Å². The van der Waals surface area contributed by atoms with Crippen LogP contribution in [-0.4, -0.2) is 74.5 Å². The fraction of sp³-hybridized carbons (Fsp3) is 0.491. The Bertz CT molecular complexity index is 3100. The molecule has 4 aromatic carbocycles. The monoisotopic (exact) mass is 1010 g/mol. The Morgan fingerprint density at radius 1 is 0.797 bits per heavy atom. The number of allylic oxidation sites excluding steroid dienone is 2. The van der Waals surface area contributed by atoms with Gasteiger partial charge in [0.15, 0.2) is 0 Å². The highest BCUT2D eigenvalue weighted by molar-refractivity contribution is 7.86. The first-order valence-corrected chi connectivity index (χ1v) is 28.8. The summed E-state index contributed by atoms with van der Waals surface area (Å²) in [7, 11) is -13.3. The van der Waals surface area contributed by atoms with Gasteiger partial charge in [0, 0.05) is 51.2 Å². The molecule has 0 radical (unpaired) electrons. The Balaban J connectivity index is 1.52. The number of carbonyl (C=O) groups is 1. The summed E-state index contributed by atoms with van der Waals surface area (Å²) in [4.78, 5) is 13.5. The average Bonchev–Trinajstić information content (AvgIpc) is 3.54. The van der Waals surface area contributed by atoms with E-state index in [1.54, 1.807) is 24.3 Å². The number of carboxylic acids is 1. The van der Waals surface area contributed by atoms with E-state index in [-0.39, 0.29) is 40.6 Å². The molecule has 16 heteroatoms. The molecule has 0 amide bonds. The van der Waals surface area contributed by atoms with Crippen LogP contribution in [0.2, 0.25) is 0 Å². The van der Waals surface area contributed by atoms with Crippen LogP contribution in [-0.2, 0) is 50.7 Å². The molecule has 3 aliphatic rings. The Labute approximate surface area is 408 Å². The molecule has 4 N–H and O–H groups in total. The number of rotatable bonds is 21. The topological polar surface area (TPSA) is 213 Å². The summed E-state index contributed by atoms with van der Waals surface area (Å²) in [5, 5.41) is 11.7. The lowest BCUT2D eigenvalue weighted by Gasteiger charge is -2.46. The highest BCUT2D eigenvalue weighted by atomic mass is 32.2. The molecule has 374 valence electrons. The van der Waals surface area contributed by atoms with E-state index in [1.807, 2.05) is 31.2 Å². The van der Waals surface area contributed by atoms with Gasteiger partial charge in [0.2, 0.25) is 0 Å². The molecule has 0 saturated heterocycles. The van der Waals surface area contributed by atoms with Crippen molar-refractivity contribution in [3.63, 3.8) is 0 Å². The van der Waals surface area contributed by atoms with Gasteiger partial charge in [-0.25, -0.2) is 0 Å². The van der Waals surface area contributed by atoms with Crippen LogP contribution in [0.5, 0.6) is 0 Å². The number of aryl methyl sites for hydroxylation is 1. The number of hydrogen-bond acceptors (Lipinski definition) is 9. The second-order valence-electron chi connectivity index (χ2n) is 19.7. The minimum atomic E-state index is -4.58. The highest BCUT2D eigenvalue weighted by Crippen LogP contribution is 2.58. The molecule has 3 aliphatic heterocycles. The Hall–Kier alpha value is -4.42. The minimum Gasteiger partial charge on any atom is -0.481 e. The van der Waals surface area contributed by atoms with Crippen LogP contribution in [0.3, 0.4) is 0 Å². The van der Waals surface area contributed by atoms with E-state index in [0.29, 0.717) is 73.0 Å². The first-order valence-electron chi connectivity index (χ1n) is 24.3. The molecule has 4 atom stereocenters. The maximum absolute atomic E-state index is 12.7. The number of aliphatic carboxylic acids is 1. The molecule has 7 rings (SSSR count). The zero-order chi connectivity index (χ0) is 50.3. The van der Waals surface area contributed by atoms with Gasteiger partial charge in [0.25, 0.3) is 30.4 Å². The van der Waals surface area contributed by atoms with Crippen LogP contribution in [0.1, 0.15) is 141 Å². The second-order valence-corrected chi connectivity index (χ2v) is 24.1. The van der Waals surface area contributed by atoms with E-state index in [1.165, 1.54) is 17.7 Å². The van der Waals surface area contributed by atoms with Gasteiger partial charge in [-0.1, -0.05) is 107 Å². The van der Waals surface area contributed by atoms with Gasteiger partial charge >= 0.3 is 5.97 Å². The first kappa shape index (κ1) is 52.4. The number of unbranched alkanes of at least 4 members (excludes halogenated alkanes) is 4. The Morgan fingerprint density at radius 3 is 2.07 bits per heavy atom. The number of ether oxygens (including phenoxy) is 1. The molecular weight excluding hydrogens is 939 g/mol. The highest BCUT2D eigenvalue weighted by Gasteiger charge is 2.50. The smallest absolute Gasteiger partial charge is 0.303 e. The molecule has 0 saturated carbocycles. The third kappa shape index (κ3) is 10.5. The van der Waals surface area contributed by atoms with Crippen LogP contribution < -0.4 is 4.90 Å². The number of anilines is 1. The Kier molecular flexibility index (Phi) is 15.5. The van der Waals surface area contributed by atoms with Crippen molar-refractivity contribution < 1.29 is 53.5 Å². The fourth-order valence-corrected chi connectivity index (χ4v) is 13.8. The van der Waals surface area contributed by atoms with Crippen molar-refractivity contribution in [1.29, 1.82) is 0 Å². The lowest BCUT2D eigenvalue weighted by Crippen LogP contribution is -2.44. The number of carboxylic acid groups (broad SMARTS) is 1. The van der Waals surface area contributed by atoms with Crippen molar-refractivity contribution in [2.24, 2.45) is 0 Å². The number of benzene rings is 4. The fourth-order valence-electron chi connectivity index (χ4n) is 11.9. The zero-order valence-electron chi connectivity index (χ0n) is 40.5. The lowest BCUT2D eigenvalue weighted by molar-refractivity contribution is -0.137. The summed E-state index contributed by atoms with van der Waals surface area (Å²) in [6.07, 6.45) is 10.2. The molecule has 4 unspecified atom stereocenters. The predicted molar refractivity (Wildman–Crippen MR) is 271 cm³/mol. The largest absolute Gasteiger partial charge is 0.481 e. The van der Waals surface area contributed by atoms with E-state index in [9.17, 15) is 48.8 Å². The van der Waals surface area contributed by atoms with Crippen LogP contribution in [0.15, 0.2) is 105 Å². The molecule has 0 fully saturated rings. The normalized spacial score (nSPS) is 20.9. The van der Waals surface area contributed by atoms with Gasteiger partial charge in [-0.05, 0) is 124 Å². The van der Waals surface area contributed by atoms with Gasteiger partial charge < -0.3 is 14.7 Å². The van der Waals surface area contributed by atoms with E-state index < -0.39 is 47.2 Å². The quantitative estimate of drug-likeness (QED) is 0.0452. The maximum atomic E-state index is 12.7. The Morgan fingerprint density at radius 2 is 1.45 bits per heavy atom. The van der Waals surface area contributed by atoms with Crippen LogP contribution in [0.4, 0.5) is 5.69 Å². The standard InChI is InChI=1S/C53H67NO12S3/c1-7-9-18-34(3)49(52(5,29-12-10-11-23-48(55)56)42-26-24-37-36(35(42)4)19-15-21-46(37)68(60,61)62)40-33-41-45(66-44(40)17-8-2)28-31-54-50-39-20-16-22-47(69(63,64)65)38(39)25-27-43(50)53(6,51(41)54)30-13-14-32-67(57,58)59/h15-16,19-22,24-27,33,44-45H,7-14,17-18,23,28-32H2,1-6H3,(H,55,56)(H,57,58,59)(H,60,61,62)(H,63,64,65). The SMILES string of the molecule is CCCCC(C)=C(C1=CC2=C3N(CCC2OC1CCC)c1c(ccc2c(S(=O)(=O)O)cccc12)C3(C)CCCCS(=O)(=O)O)C(C)(CCCCCC(=O)O)c1ccc2c(S(=O)(=O)O)cccc2c1C. The zero-order valence-corrected chi connectivity index (χ0v) is 43.0. The lowest BCUT2D eigenvalue weighted by atomic mass is 9.64. The molecule has 13 nitrogen and oxygen atoms in total. The minimum absolute atomic E-state index is 0.0537. The molecule has 69 heavy (non-hydrogen) atoms. The molecular formula is C53H67NO12S3. The third-order valence-electron chi connectivity index (χ3n) is 14.9. The van der Waals surface area contributed by atoms with E-state index in [4.69, 9.17) is 4.74 Å². The van der Waals surface area contributed by atoms with Gasteiger partial charge in [-0.3, -0.25) is 18.5 Å².